The van der Waals surface area contributed by atoms with Crippen molar-refractivity contribution in [3.8, 4) is 17.2 Å². The van der Waals surface area contributed by atoms with E-state index in [0.29, 0.717) is 44.6 Å². The van der Waals surface area contributed by atoms with Crippen LogP contribution in [-0.2, 0) is 0 Å². The first-order valence-corrected chi connectivity index (χ1v) is 10.1. The van der Waals surface area contributed by atoms with Crippen LogP contribution in [0.4, 0.5) is 5.69 Å². The summed E-state index contributed by atoms with van der Waals surface area (Å²) in [5, 5.41) is 7.08. The van der Waals surface area contributed by atoms with E-state index >= 15 is 0 Å². The zero-order chi connectivity index (χ0) is 23.8. The van der Waals surface area contributed by atoms with Gasteiger partial charge < -0.3 is 19.5 Å². The van der Waals surface area contributed by atoms with Crippen LogP contribution in [-0.4, -0.2) is 39.4 Å². The summed E-state index contributed by atoms with van der Waals surface area (Å²) in [6, 6.07) is 16.5. The minimum Gasteiger partial charge on any atom is -0.493 e. The zero-order valence-corrected chi connectivity index (χ0v) is 19.0. The lowest BCUT2D eigenvalue weighted by atomic mass is 10.1. The highest BCUT2D eigenvalue weighted by Gasteiger charge is 2.13. The van der Waals surface area contributed by atoms with Gasteiger partial charge in [-0.2, -0.15) is 5.10 Å². The number of hydrogen-bond acceptors (Lipinski definition) is 6. The zero-order valence-electron chi connectivity index (χ0n) is 18.2. The molecule has 0 aromatic heterocycles. The minimum atomic E-state index is -0.414. The van der Waals surface area contributed by atoms with Crippen molar-refractivity contribution in [2.24, 2.45) is 5.10 Å². The molecule has 0 saturated carbocycles. The van der Waals surface area contributed by atoms with Crippen LogP contribution >= 0.6 is 11.6 Å². The summed E-state index contributed by atoms with van der Waals surface area (Å²) in [5.74, 6) is 0.649. The molecule has 2 amide bonds. The number of rotatable bonds is 8. The second kappa shape index (κ2) is 11.0. The number of anilines is 1. The van der Waals surface area contributed by atoms with Gasteiger partial charge in [-0.3, -0.25) is 9.59 Å². The summed E-state index contributed by atoms with van der Waals surface area (Å²) in [6.07, 6.45) is 1.46. The maximum absolute atomic E-state index is 12.4. The van der Waals surface area contributed by atoms with Crippen LogP contribution in [0, 0.1) is 0 Å². The minimum absolute atomic E-state index is 0.340. The highest BCUT2D eigenvalue weighted by atomic mass is 35.5. The number of hydrazone groups is 1. The highest BCUT2D eigenvalue weighted by molar-refractivity contribution is 6.34. The number of halogens is 1. The van der Waals surface area contributed by atoms with Gasteiger partial charge >= 0.3 is 0 Å². The molecule has 0 unspecified atom stereocenters. The molecule has 0 aliphatic rings. The van der Waals surface area contributed by atoms with E-state index < -0.39 is 5.91 Å². The van der Waals surface area contributed by atoms with Gasteiger partial charge in [-0.05, 0) is 48.5 Å². The number of nitrogens with one attached hydrogen (secondary N) is 2. The van der Waals surface area contributed by atoms with Crippen LogP contribution in [0.15, 0.2) is 65.8 Å². The summed E-state index contributed by atoms with van der Waals surface area (Å²) in [5.41, 5.74) is 4.36. The number of carbonyl (C=O) groups excluding carboxylic acids is 2. The van der Waals surface area contributed by atoms with E-state index in [1.807, 2.05) is 0 Å². The molecule has 3 rings (SSSR count). The molecule has 0 atom stereocenters. The molecule has 0 aliphatic carbocycles. The third-order valence-electron chi connectivity index (χ3n) is 4.59. The first-order chi connectivity index (χ1) is 16.0. The number of nitrogens with zero attached hydrogens (tertiary/aromatic N) is 1. The third kappa shape index (κ3) is 5.81. The van der Waals surface area contributed by atoms with Crippen molar-refractivity contribution in [2.45, 2.75) is 0 Å². The quantitative estimate of drug-likeness (QED) is 0.378. The molecule has 3 aromatic carbocycles. The number of ether oxygens (including phenoxy) is 3. The molecule has 0 saturated heterocycles. The summed E-state index contributed by atoms with van der Waals surface area (Å²) in [7, 11) is 4.54. The molecular formula is C24H22ClN3O5. The summed E-state index contributed by atoms with van der Waals surface area (Å²) in [4.78, 5) is 24.7. The highest BCUT2D eigenvalue weighted by Crippen LogP contribution is 2.37. The van der Waals surface area contributed by atoms with Crippen LogP contribution in [0.3, 0.4) is 0 Å². The maximum atomic E-state index is 12.4. The fourth-order valence-electron chi connectivity index (χ4n) is 2.95. The van der Waals surface area contributed by atoms with E-state index in [-0.39, 0.29) is 5.91 Å². The first-order valence-electron chi connectivity index (χ1n) is 9.76. The molecule has 0 heterocycles. The van der Waals surface area contributed by atoms with Gasteiger partial charge in [0, 0.05) is 16.8 Å². The molecule has 0 fully saturated rings. The molecule has 8 nitrogen and oxygen atoms in total. The molecular weight excluding hydrogens is 446 g/mol. The normalized spacial score (nSPS) is 10.5. The predicted octanol–water partition coefficient (Wildman–Crippen LogP) is 4.38. The summed E-state index contributed by atoms with van der Waals surface area (Å²) >= 11 is 6.05. The van der Waals surface area contributed by atoms with E-state index in [1.54, 1.807) is 60.7 Å². The average Bonchev–Trinajstić information content (AvgIpc) is 2.83. The molecule has 0 spiro atoms. The van der Waals surface area contributed by atoms with Crippen LogP contribution in [0.5, 0.6) is 17.2 Å². The number of benzene rings is 3. The number of amides is 2. The monoisotopic (exact) mass is 467 g/mol. The van der Waals surface area contributed by atoms with Crippen molar-refractivity contribution in [1.82, 2.24) is 5.43 Å². The fraction of sp³-hybridized carbons (Fsp3) is 0.125. The smallest absolute Gasteiger partial charge is 0.271 e. The topological polar surface area (TPSA) is 98.2 Å². The van der Waals surface area contributed by atoms with Crippen molar-refractivity contribution in [3.05, 3.63) is 82.4 Å². The van der Waals surface area contributed by atoms with E-state index in [2.05, 4.69) is 15.8 Å². The molecule has 2 N–H and O–H groups in total. The Bertz CT molecular complexity index is 1150. The molecule has 3 aromatic rings. The Morgan fingerprint density at radius 2 is 1.52 bits per heavy atom. The van der Waals surface area contributed by atoms with Crippen molar-refractivity contribution in [3.63, 3.8) is 0 Å². The van der Waals surface area contributed by atoms with Gasteiger partial charge in [-0.1, -0.05) is 23.7 Å². The van der Waals surface area contributed by atoms with Crippen LogP contribution in [0.2, 0.25) is 5.02 Å². The number of methoxy groups -OCH3 is 3. The lowest BCUT2D eigenvalue weighted by Crippen LogP contribution is -2.18. The van der Waals surface area contributed by atoms with Gasteiger partial charge in [0.2, 0.25) is 5.75 Å². The standard InChI is InChI=1S/C24H22ClN3O5/c1-31-20-12-15(13-21(32-2)22(20)33-3)14-26-28-23(29)16-8-10-17(11-9-16)27-24(30)18-6-4-5-7-19(18)25/h4-14H,1-3H3,(H,27,30)(H,28,29)/b26-14-. The van der Waals surface area contributed by atoms with Crippen LogP contribution < -0.4 is 25.0 Å². The van der Waals surface area contributed by atoms with E-state index in [1.165, 1.54) is 27.5 Å². The third-order valence-corrected chi connectivity index (χ3v) is 4.92. The van der Waals surface area contributed by atoms with Gasteiger partial charge in [0.05, 0.1) is 38.1 Å². The van der Waals surface area contributed by atoms with Gasteiger partial charge in [-0.15, -0.1) is 0 Å². The fourth-order valence-corrected chi connectivity index (χ4v) is 3.18. The Kier molecular flexibility index (Phi) is 7.88. The second-order valence-electron chi connectivity index (χ2n) is 6.67. The Hall–Kier alpha value is -4.04. The van der Waals surface area contributed by atoms with Gasteiger partial charge in [0.15, 0.2) is 11.5 Å². The average molecular weight is 468 g/mol. The lowest BCUT2D eigenvalue weighted by Gasteiger charge is -2.12. The van der Waals surface area contributed by atoms with Gasteiger partial charge in [0.25, 0.3) is 11.8 Å². The van der Waals surface area contributed by atoms with Crippen molar-refractivity contribution < 1.29 is 23.8 Å². The van der Waals surface area contributed by atoms with E-state index in [4.69, 9.17) is 25.8 Å². The van der Waals surface area contributed by atoms with Crippen molar-refractivity contribution in [2.75, 3.05) is 26.6 Å². The summed E-state index contributed by atoms with van der Waals surface area (Å²) in [6.45, 7) is 0. The molecule has 170 valence electrons. The second-order valence-corrected chi connectivity index (χ2v) is 7.08. The Labute approximate surface area is 196 Å². The molecule has 33 heavy (non-hydrogen) atoms. The number of hydrogen-bond donors (Lipinski definition) is 2. The van der Waals surface area contributed by atoms with Crippen LogP contribution in [0.25, 0.3) is 0 Å². The van der Waals surface area contributed by atoms with E-state index in [0.717, 1.165) is 0 Å². The van der Waals surface area contributed by atoms with E-state index in [9.17, 15) is 9.59 Å². The molecule has 0 bridgehead atoms. The lowest BCUT2D eigenvalue weighted by molar-refractivity contribution is 0.0954. The van der Waals surface area contributed by atoms with Crippen molar-refractivity contribution in [1.29, 1.82) is 0 Å². The van der Waals surface area contributed by atoms with Gasteiger partial charge in [0.1, 0.15) is 0 Å². The predicted molar refractivity (Wildman–Crippen MR) is 127 cm³/mol. The Morgan fingerprint density at radius 3 is 2.09 bits per heavy atom. The molecule has 9 heteroatoms. The van der Waals surface area contributed by atoms with Crippen LogP contribution in [0.1, 0.15) is 26.3 Å². The Morgan fingerprint density at radius 1 is 0.879 bits per heavy atom. The maximum Gasteiger partial charge on any atom is 0.271 e. The summed E-state index contributed by atoms with van der Waals surface area (Å²) < 4.78 is 15.9. The largest absolute Gasteiger partial charge is 0.493 e. The Balaban J connectivity index is 1.64. The molecule has 0 radical (unpaired) electrons. The van der Waals surface area contributed by atoms with Gasteiger partial charge in [-0.25, -0.2) is 5.43 Å². The SMILES string of the molecule is COc1cc(/C=N\NC(=O)c2ccc(NC(=O)c3ccccc3Cl)cc2)cc(OC)c1OC. The first kappa shape index (κ1) is 23.6. The number of carbonyl (C=O) groups is 2. The molecule has 0 aliphatic heterocycles. The van der Waals surface area contributed by atoms with Crippen molar-refractivity contribution >= 4 is 35.3 Å².